The molecule has 0 bridgehead atoms. The van der Waals surface area contributed by atoms with Crippen molar-refractivity contribution in [2.45, 2.75) is 17.7 Å². The number of fused-ring (bicyclic) bond motifs is 1. The number of nitrogens with zero attached hydrogens (tertiary/aromatic N) is 2. The summed E-state index contributed by atoms with van der Waals surface area (Å²) in [7, 11) is -4.37. The van der Waals surface area contributed by atoms with E-state index in [-0.39, 0.29) is 10.6 Å². The highest BCUT2D eigenvalue weighted by molar-refractivity contribution is 7.85. The number of azo groups is 1. The summed E-state index contributed by atoms with van der Waals surface area (Å²) in [5.74, 6) is 0. The lowest BCUT2D eigenvalue weighted by Gasteiger charge is -2.09. The van der Waals surface area contributed by atoms with E-state index in [9.17, 15) is 13.0 Å². The molecule has 6 nitrogen and oxygen atoms in total. The molecule has 2 aromatic carbocycles. The third kappa shape index (κ3) is 3.15. The van der Waals surface area contributed by atoms with Crippen LogP contribution in [-0.4, -0.2) is 13.0 Å². The number of anilines is 1. The zero-order valence-electron chi connectivity index (χ0n) is 12.2. The molecule has 0 unspecified atom stereocenters. The molecular weight excluding hydrogens is 314 g/mol. The summed E-state index contributed by atoms with van der Waals surface area (Å²) in [6, 6.07) is 10.3. The second-order valence-corrected chi connectivity index (χ2v) is 6.52. The lowest BCUT2D eigenvalue weighted by atomic mass is 10.1. The van der Waals surface area contributed by atoms with E-state index in [2.05, 4.69) is 10.2 Å². The van der Waals surface area contributed by atoms with Gasteiger partial charge >= 0.3 is 0 Å². The number of rotatable bonds is 3. The summed E-state index contributed by atoms with van der Waals surface area (Å²) >= 11 is 0. The Balaban J connectivity index is 2.22. The van der Waals surface area contributed by atoms with Crippen molar-refractivity contribution in [3.05, 3.63) is 46.8 Å². The molecule has 0 spiro atoms. The molecule has 0 atom stereocenters. The normalized spacial score (nSPS) is 14.1. The second-order valence-electron chi connectivity index (χ2n) is 5.13. The Labute approximate surface area is 133 Å². The molecule has 0 fully saturated rings. The Kier molecular flexibility index (Phi) is 3.97. The van der Waals surface area contributed by atoms with Crippen molar-refractivity contribution in [3.8, 4) is 0 Å². The van der Waals surface area contributed by atoms with E-state index in [1.165, 1.54) is 6.07 Å². The van der Waals surface area contributed by atoms with Gasteiger partial charge in [-0.05, 0) is 31.0 Å². The first kappa shape index (κ1) is 15.4. The topological polar surface area (TPSA) is 105 Å². The van der Waals surface area contributed by atoms with Gasteiger partial charge in [-0.2, -0.15) is 13.5 Å². The lowest BCUT2D eigenvalue weighted by Crippen LogP contribution is -2.34. The van der Waals surface area contributed by atoms with Crippen LogP contribution in [0.3, 0.4) is 0 Å². The third-order valence-electron chi connectivity index (χ3n) is 3.56. The fraction of sp³-hybridized carbons (Fsp3) is 0.125. The van der Waals surface area contributed by atoms with Crippen molar-refractivity contribution in [2.24, 2.45) is 10.2 Å². The first-order chi connectivity index (χ1) is 11.0. The Morgan fingerprint density at radius 2 is 1.65 bits per heavy atom. The van der Waals surface area contributed by atoms with Crippen LogP contribution in [0, 0.1) is 0 Å². The number of hydrogen-bond donors (Lipinski definition) is 2. The first-order valence-electron chi connectivity index (χ1n) is 7.04. The minimum Gasteiger partial charge on any atom is -0.396 e. The molecule has 0 saturated heterocycles. The van der Waals surface area contributed by atoms with Gasteiger partial charge in [-0.15, -0.1) is 5.11 Å². The zero-order chi connectivity index (χ0) is 16.4. The molecule has 0 saturated carbocycles. The summed E-state index contributed by atoms with van der Waals surface area (Å²) in [5.41, 5.74) is 7.28. The fourth-order valence-corrected chi connectivity index (χ4v) is 3.22. The van der Waals surface area contributed by atoms with Crippen LogP contribution >= 0.6 is 0 Å². The zero-order valence-corrected chi connectivity index (χ0v) is 13.0. The van der Waals surface area contributed by atoms with Gasteiger partial charge in [0.05, 0.1) is 11.4 Å². The van der Waals surface area contributed by atoms with Gasteiger partial charge in [-0.1, -0.05) is 30.4 Å². The highest BCUT2D eigenvalue weighted by Gasteiger charge is 2.17. The van der Waals surface area contributed by atoms with Crippen LogP contribution in [0.5, 0.6) is 0 Å². The van der Waals surface area contributed by atoms with Crippen molar-refractivity contribution >= 4 is 39.3 Å². The van der Waals surface area contributed by atoms with Crippen LogP contribution in [0.4, 0.5) is 17.1 Å². The summed E-state index contributed by atoms with van der Waals surface area (Å²) in [6.45, 7) is 0. The molecule has 0 heterocycles. The molecule has 7 heteroatoms. The summed E-state index contributed by atoms with van der Waals surface area (Å²) < 4.78 is 32.8. The molecular formula is C16H15N3O3S. The fourth-order valence-electron chi connectivity index (χ4n) is 2.48. The maximum absolute atomic E-state index is 11.7. The van der Waals surface area contributed by atoms with Gasteiger partial charge in [0.15, 0.2) is 0 Å². The summed E-state index contributed by atoms with van der Waals surface area (Å²) in [4.78, 5) is -0.195. The number of nitrogens with two attached hydrogens (primary N) is 1. The van der Waals surface area contributed by atoms with Crippen LogP contribution in [0.15, 0.2) is 51.5 Å². The average Bonchev–Trinajstić information content (AvgIpc) is 2.54. The molecule has 0 aromatic heterocycles. The average molecular weight is 329 g/mol. The molecule has 3 N–H and O–H groups in total. The SMILES string of the molecule is Nc1c(/N=N/c2ccccc2)cc(S(=O)(=O)O)c2c1=CCCC=2. The van der Waals surface area contributed by atoms with Gasteiger partial charge in [0.2, 0.25) is 0 Å². The molecule has 118 valence electrons. The van der Waals surface area contributed by atoms with Gasteiger partial charge < -0.3 is 5.73 Å². The van der Waals surface area contributed by atoms with Crippen LogP contribution < -0.4 is 16.2 Å². The van der Waals surface area contributed by atoms with Crippen LogP contribution in [0.1, 0.15) is 12.8 Å². The monoisotopic (exact) mass is 329 g/mol. The van der Waals surface area contributed by atoms with E-state index in [0.717, 1.165) is 6.42 Å². The largest absolute Gasteiger partial charge is 0.396 e. The Hall–Kier alpha value is -2.51. The van der Waals surface area contributed by atoms with E-state index >= 15 is 0 Å². The molecule has 1 aliphatic carbocycles. The Morgan fingerprint density at radius 1 is 1.00 bits per heavy atom. The predicted octanol–water partition coefficient (Wildman–Crippen LogP) is 2.29. The molecule has 3 rings (SSSR count). The van der Waals surface area contributed by atoms with Crippen LogP contribution in [0.2, 0.25) is 0 Å². The summed E-state index contributed by atoms with van der Waals surface area (Å²) in [6.07, 6.45) is 5.05. The maximum Gasteiger partial charge on any atom is 0.295 e. The Morgan fingerprint density at radius 3 is 2.30 bits per heavy atom. The highest BCUT2D eigenvalue weighted by Crippen LogP contribution is 2.24. The van der Waals surface area contributed by atoms with Crippen LogP contribution in [-0.2, 0) is 10.1 Å². The second kappa shape index (κ2) is 5.94. The minimum atomic E-state index is -4.37. The highest BCUT2D eigenvalue weighted by atomic mass is 32.2. The quantitative estimate of drug-likeness (QED) is 0.512. The van der Waals surface area contributed by atoms with E-state index in [0.29, 0.717) is 28.2 Å². The number of hydrogen-bond acceptors (Lipinski definition) is 5. The molecule has 0 aliphatic heterocycles. The van der Waals surface area contributed by atoms with Gasteiger partial charge in [0, 0.05) is 10.4 Å². The van der Waals surface area contributed by atoms with Gasteiger partial charge in [-0.3, -0.25) is 4.55 Å². The number of benzene rings is 2. The molecule has 2 aromatic rings. The van der Waals surface area contributed by atoms with Crippen molar-refractivity contribution in [1.82, 2.24) is 0 Å². The van der Waals surface area contributed by atoms with Gasteiger partial charge in [0.25, 0.3) is 10.1 Å². The number of nitrogen functional groups attached to an aromatic ring is 1. The van der Waals surface area contributed by atoms with Crippen molar-refractivity contribution < 1.29 is 13.0 Å². The molecule has 0 radical (unpaired) electrons. The van der Waals surface area contributed by atoms with Gasteiger partial charge in [-0.25, -0.2) is 0 Å². The Bertz CT molecular complexity index is 997. The molecule has 1 aliphatic rings. The lowest BCUT2D eigenvalue weighted by molar-refractivity contribution is 0.482. The van der Waals surface area contributed by atoms with Crippen LogP contribution in [0.25, 0.3) is 12.2 Å². The van der Waals surface area contributed by atoms with Crippen molar-refractivity contribution in [3.63, 3.8) is 0 Å². The molecule has 23 heavy (non-hydrogen) atoms. The van der Waals surface area contributed by atoms with E-state index in [1.807, 2.05) is 24.3 Å². The summed E-state index contributed by atoms with van der Waals surface area (Å²) in [5, 5.41) is 9.11. The minimum absolute atomic E-state index is 0.195. The molecule has 0 amide bonds. The van der Waals surface area contributed by atoms with Crippen molar-refractivity contribution in [1.29, 1.82) is 0 Å². The maximum atomic E-state index is 11.7. The van der Waals surface area contributed by atoms with Crippen molar-refractivity contribution in [2.75, 3.05) is 5.73 Å². The van der Waals surface area contributed by atoms with Gasteiger partial charge in [0.1, 0.15) is 10.6 Å². The predicted molar refractivity (Wildman–Crippen MR) is 88.7 cm³/mol. The standard InChI is InChI=1S/C16H15N3O3S/c17-16-13-9-5-4-8-12(13)15(23(20,21)22)10-14(16)19-18-11-6-2-1-3-7-11/h1-3,6-10H,4-5,17H2,(H,20,21,22)/b19-18+. The van der Waals surface area contributed by atoms with E-state index < -0.39 is 10.1 Å². The first-order valence-corrected chi connectivity index (χ1v) is 8.48. The smallest absolute Gasteiger partial charge is 0.295 e. The van der Waals surface area contributed by atoms with E-state index in [1.54, 1.807) is 18.2 Å². The third-order valence-corrected chi connectivity index (χ3v) is 4.45. The van der Waals surface area contributed by atoms with E-state index in [4.69, 9.17) is 5.73 Å².